The van der Waals surface area contributed by atoms with E-state index in [2.05, 4.69) is 4.74 Å². The summed E-state index contributed by atoms with van der Waals surface area (Å²) in [4.78, 5) is 11.5. The number of hydrogen-bond acceptors (Lipinski definition) is 5. The van der Waals surface area contributed by atoms with E-state index in [1.54, 1.807) is 12.1 Å². The topological polar surface area (TPSA) is 65.0 Å². The molecule has 0 amide bonds. The molecule has 1 aromatic rings. The number of benzene rings is 1. The number of carbonyl (C=O) groups excluding carboxylic acids is 1. The van der Waals surface area contributed by atoms with Crippen LogP contribution in [-0.4, -0.2) is 39.0 Å². The van der Waals surface area contributed by atoms with Crippen LogP contribution in [-0.2, 0) is 11.2 Å². The summed E-state index contributed by atoms with van der Waals surface area (Å²) in [6, 6.07) is 3.22. The van der Waals surface area contributed by atoms with Crippen molar-refractivity contribution in [1.82, 2.24) is 0 Å². The molecule has 0 atom stereocenters. The van der Waals surface area contributed by atoms with Crippen molar-refractivity contribution >= 4 is 5.97 Å². The van der Waals surface area contributed by atoms with E-state index in [1.807, 2.05) is 0 Å². The maximum absolute atomic E-state index is 11.5. The van der Waals surface area contributed by atoms with E-state index in [1.165, 1.54) is 21.3 Å². The molecule has 100 valence electrons. The van der Waals surface area contributed by atoms with Gasteiger partial charge in [-0.1, -0.05) is 0 Å². The molecule has 0 saturated carbocycles. The van der Waals surface area contributed by atoms with Crippen molar-refractivity contribution in [1.29, 1.82) is 0 Å². The molecule has 0 saturated heterocycles. The molecule has 1 N–H and O–H groups in total. The molecule has 0 aliphatic carbocycles. The number of esters is 1. The zero-order valence-corrected chi connectivity index (χ0v) is 10.9. The van der Waals surface area contributed by atoms with Crippen LogP contribution in [0, 0.1) is 0 Å². The highest BCUT2D eigenvalue weighted by Crippen LogP contribution is 2.31. The Balaban J connectivity index is 3.20. The molecule has 5 nitrogen and oxygen atoms in total. The van der Waals surface area contributed by atoms with Gasteiger partial charge in [0.15, 0.2) is 0 Å². The predicted molar refractivity (Wildman–Crippen MR) is 66.3 cm³/mol. The van der Waals surface area contributed by atoms with Crippen LogP contribution >= 0.6 is 0 Å². The molecule has 0 aliphatic heterocycles. The van der Waals surface area contributed by atoms with E-state index in [0.29, 0.717) is 29.9 Å². The first kappa shape index (κ1) is 14.3. The van der Waals surface area contributed by atoms with Crippen molar-refractivity contribution in [2.45, 2.75) is 12.8 Å². The van der Waals surface area contributed by atoms with Gasteiger partial charge in [0.1, 0.15) is 11.5 Å². The molecule has 0 aromatic heterocycles. The van der Waals surface area contributed by atoms with Gasteiger partial charge in [0.2, 0.25) is 0 Å². The Hall–Kier alpha value is -1.75. The molecule has 5 heteroatoms. The maximum Gasteiger partial charge on any atom is 0.338 e. The second-order valence-electron chi connectivity index (χ2n) is 3.68. The van der Waals surface area contributed by atoms with Gasteiger partial charge in [-0.15, -0.1) is 0 Å². The van der Waals surface area contributed by atoms with Crippen LogP contribution in [0.15, 0.2) is 12.1 Å². The molecule has 1 rings (SSSR count). The van der Waals surface area contributed by atoms with E-state index in [4.69, 9.17) is 14.6 Å². The highest BCUT2D eigenvalue weighted by atomic mass is 16.5. The Kier molecular flexibility index (Phi) is 5.45. The summed E-state index contributed by atoms with van der Waals surface area (Å²) in [6.45, 7) is 0.0884. The summed E-state index contributed by atoms with van der Waals surface area (Å²) < 4.78 is 15.2. The molecule has 0 unspecified atom stereocenters. The summed E-state index contributed by atoms with van der Waals surface area (Å²) in [6.07, 6.45) is 1.22. The third-order valence-corrected chi connectivity index (χ3v) is 2.61. The van der Waals surface area contributed by atoms with Crippen molar-refractivity contribution in [3.8, 4) is 11.5 Å². The second-order valence-corrected chi connectivity index (χ2v) is 3.68. The zero-order valence-electron chi connectivity index (χ0n) is 10.9. The van der Waals surface area contributed by atoms with E-state index in [-0.39, 0.29) is 6.61 Å². The molecule has 0 aliphatic rings. The Morgan fingerprint density at radius 3 is 2.11 bits per heavy atom. The van der Waals surface area contributed by atoms with Crippen molar-refractivity contribution in [3.05, 3.63) is 23.3 Å². The standard InChI is InChI=1S/C13H18O5/c1-16-11-7-9(13(15)18-3)8-12(17-2)10(11)5-4-6-14/h7-8,14H,4-6H2,1-3H3. The normalized spacial score (nSPS) is 10.0. The van der Waals surface area contributed by atoms with Crippen LogP contribution in [0.4, 0.5) is 0 Å². The number of ether oxygens (including phenoxy) is 3. The summed E-state index contributed by atoms with van der Waals surface area (Å²) in [5.41, 5.74) is 1.21. The summed E-state index contributed by atoms with van der Waals surface area (Å²) >= 11 is 0. The lowest BCUT2D eigenvalue weighted by Crippen LogP contribution is -2.05. The van der Waals surface area contributed by atoms with Crippen LogP contribution in [0.1, 0.15) is 22.3 Å². The third-order valence-electron chi connectivity index (χ3n) is 2.61. The molecule has 0 heterocycles. The van der Waals surface area contributed by atoms with Gasteiger partial charge < -0.3 is 19.3 Å². The van der Waals surface area contributed by atoms with Gasteiger partial charge in [0.05, 0.1) is 26.9 Å². The lowest BCUT2D eigenvalue weighted by atomic mass is 10.0. The highest BCUT2D eigenvalue weighted by molar-refractivity contribution is 5.90. The average molecular weight is 254 g/mol. The molecule has 0 radical (unpaired) electrons. The molecule has 0 bridgehead atoms. The van der Waals surface area contributed by atoms with Gasteiger partial charge in [-0.2, -0.15) is 0 Å². The number of aliphatic hydroxyl groups excluding tert-OH is 1. The fraction of sp³-hybridized carbons (Fsp3) is 0.462. The fourth-order valence-corrected chi connectivity index (χ4v) is 1.72. The Bertz CT molecular complexity index is 389. The number of hydrogen-bond donors (Lipinski definition) is 1. The Morgan fingerprint density at radius 2 is 1.72 bits per heavy atom. The highest BCUT2D eigenvalue weighted by Gasteiger charge is 2.16. The van der Waals surface area contributed by atoms with Crippen molar-refractivity contribution in [3.63, 3.8) is 0 Å². The van der Waals surface area contributed by atoms with Crippen molar-refractivity contribution in [2.24, 2.45) is 0 Å². The number of aliphatic hydroxyl groups is 1. The smallest absolute Gasteiger partial charge is 0.338 e. The van der Waals surface area contributed by atoms with Gasteiger partial charge in [0, 0.05) is 12.2 Å². The Labute approximate surface area is 106 Å². The largest absolute Gasteiger partial charge is 0.496 e. The first-order valence-corrected chi connectivity index (χ1v) is 5.62. The van der Waals surface area contributed by atoms with Gasteiger partial charge in [-0.05, 0) is 25.0 Å². The van der Waals surface area contributed by atoms with Gasteiger partial charge >= 0.3 is 5.97 Å². The average Bonchev–Trinajstić information content (AvgIpc) is 2.43. The Morgan fingerprint density at radius 1 is 1.17 bits per heavy atom. The van der Waals surface area contributed by atoms with Crippen LogP contribution in [0.25, 0.3) is 0 Å². The molecule has 18 heavy (non-hydrogen) atoms. The summed E-state index contributed by atoms with van der Waals surface area (Å²) in [5.74, 6) is 0.673. The van der Waals surface area contributed by atoms with E-state index >= 15 is 0 Å². The third kappa shape index (κ3) is 3.13. The van der Waals surface area contributed by atoms with E-state index in [9.17, 15) is 4.79 Å². The fourth-order valence-electron chi connectivity index (χ4n) is 1.72. The molecule has 0 fully saturated rings. The molecule has 1 aromatic carbocycles. The minimum Gasteiger partial charge on any atom is -0.496 e. The zero-order chi connectivity index (χ0) is 13.5. The second kappa shape index (κ2) is 6.86. The number of rotatable bonds is 6. The van der Waals surface area contributed by atoms with E-state index < -0.39 is 5.97 Å². The molecular formula is C13H18O5. The minimum absolute atomic E-state index is 0.0884. The first-order chi connectivity index (χ1) is 8.67. The van der Waals surface area contributed by atoms with Crippen LogP contribution < -0.4 is 9.47 Å². The van der Waals surface area contributed by atoms with Crippen molar-refractivity contribution in [2.75, 3.05) is 27.9 Å². The molecule has 0 spiro atoms. The van der Waals surface area contributed by atoms with Gasteiger partial charge in [-0.3, -0.25) is 0 Å². The SMILES string of the molecule is COC(=O)c1cc(OC)c(CCCO)c(OC)c1. The molecular weight excluding hydrogens is 236 g/mol. The number of methoxy groups -OCH3 is 3. The van der Waals surface area contributed by atoms with Crippen LogP contribution in [0.2, 0.25) is 0 Å². The van der Waals surface area contributed by atoms with Gasteiger partial charge in [-0.25, -0.2) is 4.79 Å². The predicted octanol–water partition coefficient (Wildman–Crippen LogP) is 1.42. The maximum atomic E-state index is 11.5. The van der Waals surface area contributed by atoms with Gasteiger partial charge in [0.25, 0.3) is 0 Å². The summed E-state index contributed by atoms with van der Waals surface area (Å²) in [5, 5.41) is 8.88. The number of carbonyl (C=O) groups is 1. The summed E-state index contributed by atoms with van der Waals surface area (Å²) in [7, 11) is 4.37. The lowest BCUT2D eigenvalue weighted by Gasteiger charge is -2.14. The van der Waals surface area contributed by atoms with Crippen molar-refractivity contribution < 1.29 is 24.1 Å². The van der Waals surface area contributed by atoms with E-state index in [0.717, 1.165) is 5.56 Å². The lowest BCUT2D eigenvalue weighted by molar-refractivity contribution is 0.0600. The minimum atomic E-state index is -0.444. The monoisotopic (exact) mass is 254 g/mol. The quantitative estimate of drug-likeness (QED) is 0.778. The first-order valence-electron chi connectivity index (χ1n) is 5.62. The van der Waals surface area contributed by atoms with Crippen LogP contribution in [0.5, 0.6) is 11.5 Å². The van der Waals surface area contributed by atoms with Crippen LogP contribution in [0.3, 0.4) is 0 Å².